The summed E-state index contributed by atoms with van der Waals surface area (Å²) >= 11 is 0. The van der Waals surface area contributed by atoms with Gasteiger partial charge in [0.15, 0.2) is 12.4 Å². The third-order valence-electron chi connectivity index (χ3n) is 3.06. The molecule has 1 aromatic carbocycles. The second-order valence-electron chi connectivity index (χ2n) is 4.47. The van der Waals surface area contributed by atoms with Crippen molar-refractivity contribution >= 4 is 23.8 Å². The van der Waals surface area contributed by atoms with Gasteiger partial charge in [0.25, 0.3) is 5.91 Å². The van der Waals surface area contributed by atoms with Crippen molar-refractivity contribution in [2.75, 3.05) is 12.0 Å². The number of carbonyl (C=O) groups excluding carboxylic acids is 2. The van der Waals surface area contributed by atoms with Gasteiger partial charge in [0.1, 0.15) is 6.20 Å². The number of rotatable bonds is 3. The third-order valence-corrected chi connectivity index (χ3v) is 3.06. The largest absolute Gasteiger partial charge is 0.320 e. The summed E-state index contributed by atoms with van der Waals surface area (Å²) in [5.74, 6) is 0.484. The van der Waals surface area contributed by atoms with E-state index in [1.165, 1.54) is 4.90 Å². The first-order valence-electron chi connectivity index (χ1n) is 6.18. The van der Waals surface area contributed by atoms with Crippen LogP contribution < -0.4 is 10.2 Å². The van der Waals surface area contributed by atoms with Crippen LogP contribution in [0.3, 0.4) is 0 Å². The van der Waals surface area contributed by atoms with E-state index in [1.807, 2.05) is 30.3 Å². The Kier molecular flexibility index (Phi) is 3.14. The highest BCUT2D eigenvalue weighted by atomic mass is 16.2. The van der Waals surface area contributed by atoms with Crippen LogP contribution in [-0.2, 0) is 9.59 Å². The van der Waals surface area contributed by atoms with Crippen molar-refractivity contribution in [1.82, 2.24) is 4.90 Å². The summed E-state index contributed by atoms with van der Waals surface area (Å²) in [7, 11) is 0. The number of nitrogens with one attached hydrogen (secondary N) is 2. The Balaban J connectivity index is 1.74. The van der Waals surface area contributed by atoms with Crippen LogP contribution in [0.15, 0.2) is 59.5 Å². The monoisotopic (exact) mass is 269 g/mol. The number of anilines is 1. The molecule has 20 heavy (non-hydrogen) atoms. The third kappa shape index (κ3) is 2.36. The van der Waals surface area contributed by atoms with Gasteiger partial charge in [-0.05, 0) is 12.1 Å². The molecule has 0 spiro atoms. The number of carbonyl (C=O) groups is 2. The zero-order chi connectivity index (χ0) is 13.9. The lowest BCUT2D eigenvalue weighted by Gasteiger charge is -2.20. The van der Waals surface area contributed by atoms with E-state index in [2.05, 4.69) is 10.3 Å². The number of hydrogen-bond acceptors (Lipinski definition) is 3. The highest BCUT2D eigenvalue weighted by Crippen LogP contribution is 2.09. The maximum absolute atomic E-state index is 12.1. The van der Waals surface area contributed by atoms with Crippen LogP contribution in [-0.4, -0.2) is 29.7 Å². The minimum Gasteiger partial charge on any atom is -0.320 e. The van der Waals surface area contributed by atoms with Crippen molar-refractivity contribution in [3.63, 3.8) is 0 Å². The molecular formula is C14H13N4O2+. The number of benzene rings is 1. The van der Waals surface area contributed by atoms with Gasteiger partial charge in [-0.2, -0.15) is 4.99 Å². The standard InChI is InChI=1S/C14H12N4O2/c19-10-17-7-6-13-16-12(8-18(13)9-17)14(20)15-11-4-2-1-3-5-11/h1-8,10H,9H2,(H,15,20)/p+1. The zero-order valence-electron chi connectivity index (χ0n) is 10.6. The Morgan fingerprint density at radius 1 is 1.35 bits per heavy atom. The summed E-state index contributed by atoms with van der Waals surface area (Å²) in [6.45, 7) is 0.445. The summed E-state index contributed by atoms with van der Waals surface area (Å²) in [6.07, 6.45) is 5.84. The number of amides is 2. The van der Waals surface area contributed by atoms with Crippen LogP contribution >= 0.6 is 0 Å². The lowest BCUT2D eigenvalue weighted by atomic mass is 10.3. The predicted octanol–water partition coefficient (Wildman–Crippen LogP) is -0.293. The number of hydrogen-bond donors (Lipinski definition) is 2. The van der Waals surface area contributed by atoms with Gasteiger partial charge >= 0.3 is 0 Å². The van der Waals surface area contributed by atoms with Crippen LogP contribution in [0.2, 0.25) is 0 Å². The molecule has 2 N–H and O–H groups in total. The van der Waals surface area contributed by atoms with Gasteiger partial charge in [-0.25, -0.2) is 4.90 Å². The van der Waals surface area contributed by atoms with Crippen LogP contribution in [0.25, 0.3) is 0 Å². The minimum absolute atomic E-state index is 0.253. The average Bonchev–Trinajstić information content (AvgIpc) is 2.91. The zero-order valence-corrected chi connectivity index (χ0v) is 10.6. The first-order chi connectivity index (χ1) is 9.76. The first-order valence-corrected chi connectivity index (χ1v) is 6.18. The van der Waals surface area contributed by atoms with Gasteiger partial charge in [0.2, 0.25) is 12.2 Å². The van der Waals surface area contributed by atoms with Crippen molar-refractivity contribution in [1.29, 1.82) is 0 Å². The summed E-state index contributed by atoms with van der Waals surface area (Å²) in [4.78, 5) is 29.5. The van der Waals surface area contributed by atoms with Crippen LogP contribution in [0.1, 0.15) is 0 Å². The van der Waals surface area contributed by atoms with Crippen molar-refractivity contribution in [2.24, 2.45) is 4.99 Å². The second-order valence-corrected chi connectivity index (χ2v) is 4.47. The Morgan fingerprint density at radius 3 is 2.90 bits per heavy atom. The van der Waals surface area contributed by atoms with Crippen LogP contribution in [0.5, 0.6) is 0 Å². The molecule has 0 fully saturated rings. The number of nitrogens with zero attached hydrogens (tertiary/aromatic N) is 2. The summed E-state index contributed by atoms with van der Waals surface area (Å²) in [5.41, 5.74) is 1.08. The number of amidine groups is 1. The molecule has 2 heterocycles. The average molecular weight is 269 g/mol. The molecule has 2 aliphatic rings. The van der Waals surface area contributed by atoms with E-state index in [1.54, 1.807) is 18.5 Å². The second kappa shape index (κ2) is 5.10. The maximum Gasteiger partial charge on any atom is 0.280 e. The molecule has 6 nitrogen and oxygen atoms in total. The van der Waals surface area contributed by atoms with E-state index in [4.69, 9.17) is 0 Å². The quantitative estimate of drug-likeness (QED) is 0.740. The van der Waals surface area contributed by atoms with Gasteiger partial charge in [0.05, 0.1) is 0 Å². The molecule has 100 valence electrons. The molecule has 0 aromatic heterocycles. The van der Waals surface area contributed by atoms with Crippen LogP contribution in [0.4, 0.5) is 5.69 Å². The molecule has 0 saturated heterocycles. The first kappa shape index (κ1) is 12.3. The Morgan fingerprint density at radius 2 is 2.15 bits per heavy atom. The SMILES string of the molecule is O=CN1C=CC2=NC(C(=O)Nc3ccccc3)=C[NH+]2C1. The van der Waals surface area contributed by atoms with Crippen LogP contribution in [0, 0.1) is 0 Å². The van der Waals surface area contributed by atoms with E-state index in [0.29, 0.717) is 12.4 Å². The van der Waals surface area contributed by atoms with Gasteiger partial charge in [-0.1, -0.05) is 18.2 Å². The molecule has 1 aromatic rings. The van der Waals surface area contributed by atoms with E-state index >= 15 is 0 Å². The van der Waals surface area contributed by atoms with Gasteiger partial charge in [-0.15, -0.1) is 0 Å². The highest BCUT2D eigenvalue weighted by molar-refractivity contribution is 6.06. The van der Waals surface area contributed by atoms with E-state index in [9.17, 15) is 9.59 Å². The summed E-state index contributed by atoms with van der Waals surface area (Å²) in [5, 5.41) is 2.78. The molecule has 0 radical (unpaired) electrons. The molecular weight excluding hydrogens is 256 g/mol. The van der Waals surface area contributed by atoms with Crippen molar-refractivity contribution in [2.45, 2.75) is 0 Å². The molecule has 0 saturated carbocycles. The fraction of sp³-hybridized carbons (Fsp3) is 0.0714. The molecule has 2 amide bonds. The minimum atomic E-state index is -0.253. The van der Waals surface area contributed by atoms with E-state index in [-0.39, 0.29) is 5.91 Å². The molecule has 3 rings (SSSR count). The molecule has 1 unspecified atom stereocenters. The van der Waals surface area contributed by atoms with Crippen molar-refractivity contribution in [3.8, 4) is 0 Å². The number of quaternary nitrogens is 1. The fourth-order valence-corrected chi connectivity index (χ4v) is 2.06. The Hall–Kier alpha value is -2.73. The number of para-hydroxylation sites is 1. The lowest BCUT2D eigenvalue weighted by molar-refractivity contribution is -0.755. The smallest absolute Gasteiger partial charge is 0.280 e. The number of fused-ring (bicyclic) bond motifs is 1. The van der Waals surface area contributed by atoms with Crippen molar-refractivity contribution < 1.29 is 14.5 Å². The number of aliphatic imine (C=N–C) groups is 1. The topological polar surface area (TPSA) is 66.2 Å². The molecule has 1 atom stereocenters. The van der Waals surface area contributed by atoms with E-state index in [0.717, 1.165) is 22.8 Å². The van der Waals surface area contributed by atoms with Crippen molar-refractivity contribution in [3.05, 3.63) is 54.5 Å². The van der Waals surface area contributed by atoms with Gasteiger partial charge < -0.3 is 5.32 Å². The highest BCUT2D eigenvalue weighted by Gasteiger charge is 2.29. The molecule has 6 heteroatoms. The normalized spacial score (nSPS) is 20.0. The molecule has 2 aliphatic heterocycles. The summed E-state index contributed by atoms with van der Waals surface area (Å²) < 4.78 is 0. The van der Waals surface area contributed by atoms with Gasteiger partial charge in [0, 0.05) is 18.0 Å². The maximum atomic E-state index is 12.1. The Labute approximate surface area is 115 Å². The fourth-order valence-electron chi connectivity index (χ4n) is 2.06. The molecule has 0 aliphatic carbocycles. The predicted molar refractivity (Wildman–Crippen MR) is 73.5 cm³/mol. The van der Waals surface area contributed by atoms with E-state index < -0.39 is 0 Å². The summed E-state index contributed by atoms with van der Waals surface area (Å²) in [6, 6.07) is 9.21. The lowest BCUT2D eigenvalue weighted by Crippen LogP contribution is -3.11. The van der Waals surface area contributed by atoms with Gasteiger partial charge in [-0.3, -0.25) is 14.5 Å². The molecule has 0 bridgehead atoms. The Bertz CT molecular complexity index is 634.